The van der Waals surface area contributed by atoms with Crippen molar-refractivity contribution < 1.29 is 27.9 Å². The summed E-state index contributed by atoms with van der Waals surface area (Å²) in [4.78, 5) is 22.5. The highest BCUT2D eigenvalue weighted by Gasteiger charge is 2.33. The molecule has 0 radical (unpaired) electrons. The van der Waals surface area contributed by atoms with Gasteiger partial charge in [0.15, 0.2) is 6.61 Å². The van der Waals surface area contributed by atoms with Crippen LogP contribution in [0.2, 0.25) is 0 Å². The number of ether oxygens (including phenoxy) is 1. The van der Waals surface area contributed by atoms with Gasteiger partial charge >= 0.3 is 5.97 Å². The monoisotopic (exact) mass is 340 g/mol. The molecule has 2 heterocycles. The largest absolute Gasteiger partial charge is 0.482 e. The highest BCUT2D eigenvalue weighted by molar-refractivity contribution is 7.89. The van der Waals surface area contributed by atoms with E-state index in [4.69, 9.17) is 9.84 Å². The smallest absolute Gasteiger partial charge is 0.307 e. The summed E-state index contributed by atoms with van der Waals surface area (Å²) in [6.45, 7) is 0.134. The molecule has 0 bridgehead atoms. The van der Waals surface area contributed by atoms with Crippen LogP contribution in [0.5, 0.6) is 5.75 Å². The van der Waals surface area contributed by atoms with Crippen LogP contribution < -0.4 is 10.1 Å². The Morgan fingerprint density at radius 2 is 2.17 bits per heavy atom. The van der Waals surface area contributed by atoms with Crippen molar-refractivity contribution in [3.05, 3.63) is 18.2 Å². The number of sulfonamides is 1. The molecule has 0 aliphatic carbocycles. The zero-order valence-corrected chi connectivity index (χ0v) is 13.0. The maximum absolute atomic E-state index is 12.7. The van der Waals surface area contributed by atoms with Crippen LogP contribution in [0.15, 0.2) is 23.1 Å². The summed E-state index contributed by atoms with van der Waals surface area (Å²) < 4.78 is 31.8. The SMILES string of the molecule is O=C1COc2ccc(S(=O)(=O)N3CCC[C@@H](C(=O)O)C3)cc2N1. The van der Waals surface area contributed by atoms with Crippen molar-refractivity contribution in [2.75, 3.05) is 25.0 Å². The third-order valence-electron chi connectivity index (χ3n) is 3.96. The summed E-state index contributed by atoms with van der Waals surface area (Å²) >= 11 is 0. The lowest BCUT2D eigenvalue weighted by molar-refractivity contribution is -0.142. The predicted molar refractivity (Wildman–Crippen MR) is 79.7 cm³/mol. The molecule has 8 nitrogen and oxygen atoms in total. The summed E-state index contributed by atoms with van der Waals surface area (Å²) in [5.41, 5.74) is 0.300. The predicted octanol–water partition coefficient (Wildman–Crippen LogP) is 0.503. The topological polar surface area (TPSA) is 113 Å². The summed E-state index contributed by atoms with van der Waals surface area (Å²) in [6, 6.07) is 4.22. The van der Waals surface area contributed by atoms with Crippen molar-refractivity contribution in [1.29, 1.82) is 0 Å². The number of carboxylic acid groups (broad SMARTS) is 1. The van der Waals surface area contributed by atoms with Crippen LogP contribution >= 0.6 is 0 Å². The van der Waals surface area contributed by atoms with Gasteiger partial charge in [0.1, 0.15) is 5.75 Å². The molecule has 1 fully saturated rings. The van der Waals surface area contributed by atoms with Crippen LogP contribution in [0, 0.1) is 5.92 Å². The van der Waals surface area contributed by atoms with Crippen molar-refractivity contribution in [2.24, 2.45) is 5.92 Å². The van der Waals surface area contributed by atoms with Crippen LogP contribution in [-0.4, -0.2) is 49.4 Å². The number of fused-ring (bicyclic) bond motifs is 1. The van der Waals surface area contributed by atoms with Gasteiger partial charge in [-0.15, -0.1) is 0 Å². The molecule has 0 aromatic heterocycles. The number of carbonyl (C=O) groups is 2. The van der Waals surface area contributed by atoms with Crippen molar-refractivity contribution in [3.8, 4) is 5.75 Å². The van der Waals surface area contributed by atoms with Crippen LogP contribution in [0.1, 0.15) is 12.8 Å². The fraction of sp³-hybridized carbons (Fsp3) is 0.429. The molecule has 0 saturated carbocycles. The summed E-state index contributed by atoms with van der Waals surface area (Å²) in [6.07, 6.45) is 0.969. The van der Waals surface area contributed by atoms with Gasteiger partial charge in [-0.05, 0) is 31.0 Å². The lowest BCUT2D eigenvalue weighted by Crippen LogP contribution is -2.42. The normalized spacial score (nSPS) is 21.9. The highest BCUT2D eigenvalue weighted by Crippen LogP contribution is 2.32. The minimum Gasteiger partial charge on any atom is -0.482 e. The molecular weight excluding hydrogens is 324 g/mol. The molecule has 1 aromatic carbocycles. The number of nitrogens with zero attached hydrogens (tertiary/aromatic N) is 1. The van der Waals surface area contributed by atoms with E-state index in [0.29, 0.717) is 24.3 Å². The molecular formula is C14H16N2O6S. The van der Waals surface area contributed by atoms with Crippen molar-refractivity contribution in [3.63, 3.8) is 0 Å². The number of benzene rings is 1. The molecule has 23 heavy (non-hydrogen) atoms. The lowest BCUT2D eigenvalue weighted by Gasteiger charge is -2.30. The number of carboxylic acids is 1. The van der Waals surface area contributed by atoms with Crippen molar-refractivity contribution in [2.45, 2.75) is 17.7 Å². The molecule has 2 N–H and O–H groups in total. The fourth-order valence-corrected chi connectivity index (χ4v) is 4.28. The van der Waals surface area contributed by atoms with Gasteiger partial charge in [0.05, 0.1) is 16.5 Å². The average Bonchev–Trinajstić information content (AvgIpc) is 2.54. The number of hydrogen-bond acceptors (Lipinski definition) is 5. The maximum atomic E-state index is 12.7. The van der Waals surface area contributed by atoms with E-state index in [2.05, 4.69) is 5.32 Å². The molecule has 1 atom stereocenters. The van der Waals surface area contributed by atoms with Gasteiger partial charge in [0.2, 0.25) is 10.0 Å². The number of nitrogens with one attached hydrogen (secondary N) is 1. The van der Waals surface area contributed by atoms with Crippen LogP contribution in [0.3, 0.4) is 0 Å². The molecule has 1 aromatic rings. The van der Waals surface area contributed by atoms with Gasteiger partial charge in [-0.2, -0.15) is 4.31 Å². The Morgan fingerprint density at radius 3 is 2.91 bits per heavy atom. The van der Waals surface area contributed by atoms with E-state index in [9.17, 15) is 18.0 Å². The second-order valence-electron chi connectivity index (χ2n) is 5.54. The molecule has 9 heteroatoms. The average molecular weight is 340 g/mol. The standard InChI is InChI=1S/C14H16N2O6S/c17-13-8-22-12-4-3-10(6-11(12)15-13)23(20,21)16-5-1-2-9(7-16)14(18)19/h3-4,6,9H,1-2,5,7-8H2,(H,15,17)(H,18,19)/t9-/m1/s1. The second kappa shape index (κ2) is 5.82. The van der Waals surface area contributed by atoms with Crippen LogP contribution in [-0.2, 0) is 19.6 Å². The van der Waals surface area contributed by atoms with Crippen LogP contribution in [0.25, 0.3) is 0 Å². The van der Waals surface area contributed by atoms with E-state index in [1.54, 1.807) is 0 Å². The summed E-state index contributed by atoms with van der Waals surface area (Å²) in [5.74, 6) is -1.63. The Kier molecular flexibility index (Phi) is 3.99. The van der Waals surface area contributed by atoms with Gasteiger partial charge < -0.3 is 15.2 Å². The molecule has 124 valence electrons. The number of carbonyl (C=O) groups excluding carboxylic acids is 1. The third kappa shape index (κ3) is 3.02. The maximum Gasteiger partial charge on any atom is 0.307 e. The fourth-order valence-electron chi connectivity index (χ4n) is 2.73. The highest BCUT2D eigenvalue weighted by atomic mass is 32.2. The Labute approximate surface area is 133 Å². The first-order chi connectivity index (χ1) is 10.9. The molecule has 1 saturated heterocycles. The van der Waals surface area contributed by atoms with Crippen LogP contribution in [0.4, 0.5) is 5.69 Å². The Balaban J connectivity index is 1.89. The number of rotatable bonds is 3. The number of aliphatic carboxylic acids is 1. The van der Waals surface area contributed by atoms with Gasteiger partial charge in [-0.3, -0.25) is 9.59 Å². The van der Waals surface area contributed by atoms with Crippen molar-refractivity contribution >= 4 is 27.6 Å². The molecule has 1 amide bonds. The zero-order valence-electron chi connectivity index (χ0n) is 12.2. The lowest BCUT2D eigenvalue weighted by atomic mass is 10.0. The molecule has 0 spiro atoms. The molecule has 0 unspecified atom stereocenters. The Bertz CT molecular complexity index is 761. The van der Waals surface area contributed by atoms with E-state index in [1.165, 1.54) is 22.5 Å². The van der Waals surface area contributed by atoms with Crippen molar-refractivity contribution in [1.82, 2.24) is 4.31 Å². The molecule has 3 rings (SSSR count). The minimum atomic E-state index is -3.82. The Morgan fingerprint density at radius 1 is 1.39 bits per heavy atom. The van der Waals surface area contributed by atoms with Gasteiger partial charge in [-0.1, -0.05) is 0 Å². The van der Waals surface area contributed by atoms with Gasteiger partial charge in [0, 0.05) is 13.1 Å². The Hall–Kier alpha value is -2.13. The molecule has 2 aliphatic rings. The number of anilines is 1. The van der Waals surface area contributed by atoms with E-state index in [-0.39, 0.29) is 30.5 Å². The number of piperidine rings is 1. The first-order valence-corrected chi connectivity index (χ1v) is 8.61. The van der Waals surface area contributed by atoms with E-state index < -0.39 is 21.9 Å². The third-order valence-corrected chi connectivity index (χ3v) is 5.82. The van der Waals surface area contributed by atoms with E-state index in [1.807, 2.05) is 0 Å². The second-order valence-corrected chi connectivity index (χ2v) is 7.47. The molecule has 2 aliphatic heterocycles. The minimum absolute atomic E-state index is 0.00749. The zero-order chi connectivity index (χ0) is 16.6. The number of hydrogen-bond donors (Lipinski definition) is 2. The quantitative estimate of drug-likeness (QED) is 0.828. The summed E-state index contributed by atoms with van der Waals surface area (Å²) in [5, 5.41) is 11.7. The first kappa shape index (κ1) is 15.8. The number of amides is 1. The van der Waals surface area contributed by atoms with Gasteiger partial charge in [-0.25, -0.2) is 8.42 Å². The first-order valence-electron chi connectivity index (χ1n) is 7.17. The van der Waals surface area contributed by atoms with E-state index >= 15 is 0 Å². The summed E-state index contributed by atoms with van der Waals surface area (Å²) in [7, 11) is -3.82. The van der Waals surface area contributed by atoms with Gasteiger partial charge in [0.25, 0.3) is 5.91 Å². The van der Waals surface area contributed by atoms with E-state index in [0.717, 1.165) is 0 Å².